The predicted molar refractivity (Wildman–Crippen MR) is 76.1 cm³/mol. The molecule has 0 spiro atoms. The van der Waals surface area contributed by atoms with E-state index in [-0.39, 0.29) is 0 Å². The molecule has 2 heterocycles. The molecule has 0 aliphatic rings. The van der Waals surface area contributed by atoms with Gasteiger partial charge in [-0.2, -0.15) is 0 Å². The SMILES string of the molecule is C[C@H](Sc1nnc(-c2c[nH]c3ccccc23)o1)C(N)=O. The van der Waals surface area contributed by atoms with E-state index in [2.05, 4.69) is 15.2 Å². The van der Waals surface area contributed by atoms with Crippen LogP contribution in [0.25, 0.3) is 22.4 Å². The van der Waals surface area contributed by atoms with Crippen molar-refractivity contribution in [2.45, 2.75) is 17.4 Å². The van der Waals surface area contributed by atoms with Gasteiger partial charge in [0.1, 0.15) is 0 Å². The first-order chi connectivity index (χ1) is 9.65. The van der Waals surface area contributed by atoms with Gasteiger partial charge in [-0.1, -0.05) is 30.0 Å². The first-order valence-electron chi connectivity index (χ1n) is 6.01. The highest BCUT2D eigenvalue weighted by molar-refractivity contribution is 8.00. The smallest absolute Gasteiger partial charge is 0.277 e. The second-order valence-corrected chi connectivity index (χ2v) is 5.58. The van der Waals surface area contributed by atoms with E-state index in [0.29, 0.717) is 11.1 Å². The van der Waals surface area contributed by atoms with Gasteiger partial charge in [-0.3, -0.25) is 4.79 Å². The van der Waals surface area contributed by atoms with E-state index in [1.165, 1.54) is 0 Å². The van der Waals surface area contributed by atoms with Crippen molar-refractivity contribution in [3.63, 3.8) is 0 Å². The van der Waals surface area contributed by atoms with E-state index >= 15 is 0 Å². The molecule has 0 aliphatic heterocycles. The quantitative estimate of drug-likeness (QED) is 0.717. The highest BCUT2D eigenvalue weighted by Gasteiger charge is 2.17. The lowest BCUT2D eigenvalue weighted by atomic mass is 10.2. The molecule has 7 heteroatoms. The number of aromatic nitrogens is 3. The number of amides is 1. The molecule has 3 N–H and O–H groups in total. The molecule has 20 heavy (non-hydrogen) atoms. The van der Waals surface area contributed by atoms with Gasteiger partial charge >= 0.3 is 0 Å². The second kappa shape index (κ2) is 5.01. The Hall–Kier alpha value is -2.28. The van der Waals surface area contributed by atoms with Crippen LogP contribution >= 0.6 is 11.8 Å². The lowest BCUT2D eigenvalue weighted by Crippen LogP contribution is -2.22. The van der Waals surface area contributed by atoms with Gasteiger partial charge in [-0.25, -0.2) is 0 Å². The number of benzene rings is 1. The molecule has 3 rings (SSSR count). The average molecular weight is 288 g/mol. The third kappa shape index (κ3) is 2.27. The van der Waals surface area contributed by atoms with Gasteiger partial charge < -0.3 is 15.1 Å². The number of aromatic amines is 1. The van der Waals surface area contributed by atoms with Crippen LogP contribution in [0.4, 0.5) is 0 Å². The molecule has 1 atom stereocenters. The van der Waals surface area contributed by atoms with Crippen LogP contribution in [-0.2, 0) is 4.79 Å². The lowest BCUT2D eigenvalue weighted by molar-refractivity contribution is -0.117. The van der Waals surface area contributed by atoms with Crippen LogP contribution in [0, 0.1) is 0 Å². The predicted octanol–water partition coefficient (Wildman–Crippen LogP) is 2.18. The Morgan fingerprint density at radius 1 is 1.40 bits per heavy atom. The minimum Gasteiger partial charge on any atom is -0.411 e. The molecule has 102 valence electrons. The third-order valence-corrected chi connectivity index (χ3v) is 3.86. The van der Waals surface area contributed by atoms with Crippen LogP contribution in [0.1, 0.15) is 6.92 Å². The molecule has 1 amide bonds. The Balaban J connectivity index is 1.92. The number of hydrogen-bond donors (Lipinski definition) is 2. The molecule has 3 aromatic rings. The zero-order valence-electron chi connectivity index (χ0n) is 10.7. The fourth-order valence-corrected chi connectivity index (χ4v) is 2.46. The Kier molecular flexibility index (Phi) is 3.19. The number of carbonyl (C=O) groups excluding carboxylic acids is 1. The molecule has 1 aromatic carbocycles. The third-order valence-electron chi connectivity index (χ3n) is 2.90. The molecule has 0 unspecified atom stereocenters. The fraction of sp³-hybridized carbons (Fsp3) is 0.154. The largest absolute Gasteiger partial charge is 0.411 e. The number of H-pyrrole nitrogens is 1. The molecule has 0 saturated heterocycles. The number of fused-ring (bicyclic) bond motifs is 1. The zero-order valence-corrected chi connectivity index (χ0v) is 11.5. The van der Waals surface area contributed by atoms with Gasteiger partial charge in [0.25, 0.3) is 11.1 Å². The maximum absolute atomic E-state index is 11.0. The van der Waals surface area contributed by atoms with Crippen LogP contribution in [-0.4, -0.2) is 26.3 Å². The van der Waals surface area contributed by atoms with Crippen LogP contribution < -0.4 is 5.73 Å². The van der Waals surface area contributed by atoms with Crippen LogP contribution in [0.2, 0.25) is 0 Å². The second-order valence-electron chi connectivity index (χ2n) is 4.28. The van der Waals surface area contributed by atoms with E-state index in [9.17, 15) is 4.79 Å². The summed E-state index contributed by atoms with van der Waals surface area (Å²) in [6.45, 7) is 1.70. The van der Waals surface area contributed by atoms with Crippen LogP contribution in [0.15, 0.2) is 40.1 Å². The number of primary amides is 1. The van der Waals surface area contributed by atoms with E-state index in [1.807, 2.05) is 30.5 Å². The van der Waals surface area contributed by atoms with Crippen LogP contribution in [0.5, 0.6) is 0 Å². The summed E-state index contributed by atoms with van der Waals surface area (Å²) in [4.78, 5) is 14.2. The average Bonchev–Trinajstić information content (AvgIpc) is 3.04. The van der Waals surface area contributed by atoms with Gasteiger partial charge in [0.05, 0.1) is 10.8 Å². The number of nitrogens with one attached hydrogen (secondary N) is 1. The van der Waals surface area contributed by atoms with Crippen molar-refractivity contribution < 1.29 is 9.21 Å². The Morgan fingerprint density at radius 3 is 3.00 bits per heavy atom. The minimum atomic E-state index is -0.415. The van der Waals surface area contributed by atoms with Crippen LogP contribution in [0.3, 0.4) is 0 Å². The van der Waals surface area contributed by atoms with Gasteiger partial charge in [0.15, 0.2) is 0 Å². The van der Waals surface area contributed by atoms with E-state index in [4.69, 9.17) is 10.2 Å². The summed E-state index contributed by atoms with van der Waals surface area (Å²) in [6, 6.07) is 7.84. The molecule has 6 nitrogen and oxygen atoms in total. The Labute approximate surface area is 118 Å². The molecule has 0 radical (unpaired) electrons. The first kappa shape index (κ1) is 12.7. The summed E-state index contributed by atoms with van der Waals surface area (Å²) in [7, 11) is 0. The van der Waals surface area contributed by atoms with Gasteiger partial charge in [-0.15, -0.1) is 10.2 Å². The van der Waals surface area contributed by atoms with Crippen molar-refractivity contribution in [1.82, 2.24) is 15.2 Å². The number of nitrogens with two attached hydrogens (primary N) is 1. The van der Waals surface area contributed by atoms with Crippen molar-refractivity contribution in [1.29, 1.82) is 0 Å². The van der Waals surface area contributed by atoms with Crippen molar-refractivity contribution in [3.8, 4) is 11.5 Å². The number of hydrogen-bond acceptors (Lipinski definition) is 5. The molecular weight excluding hydrogens is 276 g/mol. The summed E-state index contributed by atoms with van der Waals surface area (Å²) in [5, 5.41) is 8.87. The molecule has 0 aliphatic carbocycles. The van der Waals surface area contributed by atoms with Crippen molar-refractivity contribution in [2.24, 2.45) is 5.73 Å². The highest BCUT2D eigenvalue weighted by Crippen LogP contribution is 2.30. The topological polar surface area (TPSA) is 97.8 Å². The molecule has 0 saturated carbocycles. The van der Waals surface area contributed by atoms with Crippen molar-refractivity contribution in [3.05, 3.63) is 30.5 Å². The van der Waals surface area contributed by atoms with Crippen molar-refractivity contribution >= 4 is 28.6 Å². The molecular formula is C13H12N4O2S. The minimum absolute atomic E-state index is 0.330. The summed E-state index contributed by atoms with van der Waals surface area (Å²) < 4.78 is 5.57. The number of nitrogens with zero attached hydrogens (tertiary/aromatic N) is 2. The van der Waals surface area contributed by atoms with Gasteiger partial charge in [-0.05, 0) is 13.0 Å². The summed E-state index contributed by atoms with van der Waals surface area (Å²) in [5.41, 5.74) is 7.04. The van der Waals surface area contributed by atoms with E-state index in [0.717, 1.165) is 28.2 Å². The molecule has 0 fully saturated rings. The highest BCUT2D eigenvalue weighted by atomic mass is 32.2. The summed E-state index contributed by atoms with van der Waals surface area (Å²) in [6.07, 6.45) is 1.82. The number of thioether (sulfide) groups is 1. The van der Waals surface area contributed by atoms with E-state index < -0.39 is 11.2 Å². The number of para-hydroxylation sites is 1. The fourth-order valence-electron chi connectivity index (χ4n) is 1.82. The number of carbonyl (C=O) groups is 1. The number of rotatable bonds is 4. The maximum atomic E-state index is 11.0. The first-order valence-corrected chi connectivity index (χ1v) is 6.89. The van der Waals surface area contributed by atoms with Gasteiger partial charge in [0.2, 0.25) is 5.91 Å². The lowest BCUT2D eigenvalue weighted by Gasteiger charge is -2.00. The maximum Gasteiger partial charge on any atom is 0.277 e. The molecule has 2 aromatic heterocycles. The zero-order chi connectivity index (χ0) is 14.1. The summed E-state index contributed by atoms with van der Waals surface area (Å²) in [5.74, 6) is 0.00321. The van der Waals surface area contributed by atoms with Crippen molar-refractivity contribution in [2.75, 3.05) is 0 Å². The normalized spacial score (nSPS) is 12.7. The van der Waals surface area contributed by atoms with Gasteiger partial charge in [0, 0.05) is 17.1 Å². The standard InChI is InChI=1S/C13H12N4O2S/c1-7(11(14)18)20-13-17-16-12(19-13)9-6-15-10-5-3-2-4-8(9)10/h2-7,15H,1H3,(H2,14,18)/t7-/m0/s1. The summed E-state index contributed by atoms with van der Waals surface area (Å²) >= 11 is 1.15. The Morgan fingerprint density at radius 2 is 2.20 bits per heavy atom. The monoisotopic (exact) mass is 288 g/mol. The molecule has 0 bridgehead atoms. The Bertz CT molecular complexity index is 764. The van der Waals surface area contributed by atoms with E-state index in [1.54, 1.807) is 6.92 Å².